The molecule has 0 atom stereocenters. The highest BCUT2D eigenvalue weighted by molar-refractivity contribution is 6.01. The summed E-state index contributed by atoms with van der Waals surface area (Å²) in [6.07, 6.45) is 9.36. The predicted octanol–water partition coefficient (Wildman–Crippen LogP) is 3.55. The minimum absolute atomic E-state index is 0.229. The van der Waals surface area contributed by atoms with Crippen molar-refractivity contribution in [2.75, 3.05) is 13.2 Å². The molecule has 0 saturated heterocycles. The lowest BCUT2D eigenvalue weighted by Crippen LogP contribution is -2.22. The summed E-state index contributed by atoms with van der Waals surface area (Å²) in [6.45, 7) is 0.809. The van der Waals surface area contributed by atoms with Crippen molar-refractivity contribution >= 4 is 11.9 Å². The first-order valence-electron chi connectivity index (χ1n) is 9.31. The van der Waals surface area contributed by atoms with Crippen LogP contribution in [0, 0.1) is 0 Å². The Morgan fingerprint density at radius 2 is 0.917 bits per heavy atom. The Hall–Kier alpha value is -1.84. The lowest BCUT2D eigenvalue weighted by atomic mass is 9.79. The maximum Gasteiger partial charge on any atom is 0.338 e. The van der Waals surface area contributed by atoms with E-state index in [-0.39, 0.29) is 11.9 Å². The van der Waals surface area contributed by atoms with E-state index in [1.165, 1.54) is 5.56 Å². The van der Waals surface area contributed by atoms with Gasteiger partial charge in [-0.1, -0.05) is 0 Å². The van der Waals surface area contributed by atoms with Crippen LogP contribution in [-0.4, -0.2) is 25.2 Å². The zero-order valence-electron chi connectivity index (χ0n) is 14.1. The van der Waals surface area contributed by atoms with E-state index >= 15 is 0 Å². The van der Waals surface area contributed by atoms with Crippen molar-refractivity contribution in [3.8, 4) is 0 Å². The quantitative estimate of drug-likeness (QED) is 0.684. The number of rotatable bonds is 0. The Kier molecular flexibility index (Phi) is 4.30. The largest absolute Gasteiger partial charge is 0.462 e. The molecule has 4 nitrogen and oxygen atoms in total. The van der Waals surface area contributed by atoms with Crippen LogP contribution in [0.2, 0.25) is 0 Å². The average molecular weight is 328 g/mol. The van der Waals surface area contributed by atoms with Crippen molar-refractivity contribution in [2.24, 2.45) is 0 Å². The number of cyclic esters (lactones) is 2. The molecule has 0 fully saturated rings. The third kappa shape index (κ3) is 2.62. The van der Waals surface area contributed by atoms with Crippen LogP contribution in [0.25, 0.3) is 0 Å². The highest BCUT2D eigenvalue weighted by Crippen LogP contribution is 2.38. The molecule has 0 N–H and O–H groups in total. The molecule has 4 rings (SSSR count). The van der Waals surface area contributed by atoms with Gasteiger partial charge in [-0.3, -0.25) is 0 Å². The molecule has 4 bridgehead atoms. The lowest BCUT2D eigenvalue weighted by molar-refractivity contribution is 0.0442. The van der Waals surface area contributed by atoms with Crippen molar-refractivity contribution in [1.82, 2.24) is 0 Å². The molecule has 128 valence electrons. The Bertz CT molecular complexity index is 690. The van der Waals surface area contributed by atoms with E-state index in [9.17, 15) is 9.59 Å². The average Bonchev–Trinajstić information content (AvgIpc) is 2.77. The van der Waals surface area contributed by atoms with Gasteiger partial charge < -0.3 is 9.47 Å². The molecule has 3 aliphatic rings. The van der Waals surface area contributed by atoms with Gasteiger partial charge in [-0.15, -0.1) is 0 Å². The van der Waals surface area contributed by atoms with Gasteiger partial charge in [0.15, 0.2) is 0 Å². The Balaban J connectivity index is 1.98. The van der Waals surface area contributed by atoms with E-state index in [4.69, 9.17) is 9.47 Å². The van der Waals surface area contributed by atoms with Gasteiger partial charge >= 0.3 is 11.9 Å². The number of esters is 2. The molecular formula is C20H24O4. The highest BCUT2D eigenvalue weighted by atomic mass is 16.5. The van der Waals surface area contributed by atoms with E-state index in [0.29, 0.717) is 24.3 Å². The van der Waals surface area contributed by atoms with Crippen molar-refractivity contribution in [3.05, 3.63) is 33.4 Å². The first-order valence-corrected chi connectivity index (χ1v) is 9.31. The second-order valence-corrected chi connectivity index (χ2v) is 7.06. The molecule has 24 heavy (non-hydrogen) atoms. The van der Waals surface area contributed by atoms with Gasteiger partial charge in [0, 0.05) is 0 Å². The highest BCUT2D eigenvalue weighted by Gasteiger charge is 2.33. The molecular weight excluding hydrogens is 304 g/mol. The monoisotopic (exact) mass is 328 g/mol. The fourth-order valence-corrected chi connectivity index (χ4v) is 4.45. The third-order valence-corrected chi connectivity index (χ3v) is 5.56. The smallest absolute Gasteiger partial charge is 0.338 e. The summed E-state index contributed by atoms with van der Waals surface area (Å²) in [5, 5.41) is 0. The first kappa shape index (κ1) is 15.7. The minimum Gasteiger partial charge on any atom is -0.462 e. The van der Waals surface area contributed by atoms with E-state index < -0.39 is 0 Å². The van der Waals surface area contributed by atoms with Gasteiger partial charge in [0.25, 0.3) is 0 Å². The standard InChI is InChI=1S/C20H24O4/c21-19-17-14-8-2-1-7-13(14)15-9-3-4-10-16(17)18(15)20(22)24-12-6-5-11-23-19/h1-12H2. The van der Waals surface area contributed by atoms with Gasteiger partial charge in [-0.05, 0) is 86.5 Å². The van der Waals surface area contributed by atoms with Gasteiger partial charge in [-0.2, -0.15) is 0 Å². The molecule has 0 saturated carbocycles. The fourth-order valence-electron chi connectivity index (χ4n) is 4.45. The number of ether oxygens (including phenoxy) is 2. The zero-order chi connectivity index (χ0) is 16.5. The second kappa shape index (κ2) is 6.58. The lowest BCUT2D eigenvalue weighted by Gasteiger charge is -2.26. The van der Waals surface area contributed by atoms with E-state index in [1.54, 1.807) is 0 Å². The van der Waals surface area contributed by atoms with Crippen LogP contribution in [0.5, 0.6) is 0 Å². The topological polar surface area (TPSA) is 52.6 Å². The fraction of sp³-hybridized carbons (Fsp3) is 0.600. The van der Waals surface area contributed by atoms with Crippen LogP contribution in [0.15, 0.2) is 0 Å². The summed E-state index contributed by atoms with van der Waals surface area (Å²) < 4.78 is 11.1. The van der Waals surface area contributed by atoms with Crippen LogP contribution in [0.4, 0.5) is 0 Å². The molecule has 1 aromatic rings. The maximum atomic E-state index is 12.8. The van der Waals surface area contributed by atoms with Gasteiger partial charge in [0.1, 0.15) is 0 Å². The number of carbonyl (C=O) groups excluding carboxylic acids is 2. The van der Waals surface area contributed by atoms with Gasteiger partial charge in [-0.25, -0.2) is 9.59 Å². The zero-order valence-corrected chi connectivity index (χ0v) is 14.1. The summed E-state index contributed by atoms with van der Waals surface area (Å²) in [5.74, 6) is -0.459. The number of hydrogen-bond acceptors (Lipinski definition) is 4. The number of fused-ring (bicyclic) bond motifs is 3. The summed E-state index contributed by atoms with van der Waals surface area (Å²) in [4.78, 5) is 25.7. The molecule has 0 unspecified atom stereocenters. The normalized spacial score (nSPS) is 21.0. The first-order chi connectivity index (χ1) is 11.8. The second-order valence-electron chi connectivity index (χ2n) is 7.06. The number of hydrogen-bond donors (Lipinski definition) is 0. The molecule has 0 aromatic heterocycles. The van der Waals surface area contributed by atoms with Crippen LogP contribution in [-0.2, 0) is 35.2 Å². The third-order valence-electron chi connectivity index (χ3n) is 5.56. The molecule has 4 heteroatoms. The molecule has 0 spiro atoms. The van der Waals surface area contributed by atoms with Crippen LogP contribution < -0.4 is 0 Å². The maximum absolute atomic E-state index is 12.8. The van der Waals surface area contributed by atoms with Gasteiger partial charge in [0.2, 0.25) is 0 Å². The van der Waals surface area contributed by atoms with Crippen LogP contribution in [0.1, 0.15) is 81.5 Å². The van der Waals surface area contributed by atoms with E-state index in [1.807, 2.05) is 0 Å². The van der Waals surface area contributed by atoms with E-state index in [0.717, 1.165) is 80.9 Å². The molecule has 1 aromatic carbocycles. The van der Waals surface area contributed by atoms with E-state index in [2.05, 4.69) is 0 Å². The molecule has 1 aliphatic heterocycles. The van der Waals surface area contributed by atoms with Gasteiger partial charge in [0.05, 0.1) is 24.3 Å². The summed E-state index contributed by atoms with van der Waals surface area (Å²) in [5.41, 5.74) is 5.86. The Morgan fingerprint density at radius 1 is 0.500 bits per heavy atom. The molecule has 1 heterocycles. The van der Waals surface area contributed by atoms with Crippen LogP contribution >= 0.6 is 0 Å². The van der Waals surface area contributed by atoms with Crippen molar-refractivity contribution in [3.63, 3.8) is 0 Å². The number of carbonyl (C=O) groups is 2. The SMILES string of the molecule is O=C1OCCCCOC(=O)c2c3c4c(c1c2CCCC3)CCCC4. The molecule has 2 aliphatic carbocycles. The summed E-state index contributed by atoms with van der Waals surface area (Å²) >= 11 is 0. The number of benzene rings is 1. The molecule has 0 amide bonds. The Labute approximate surface area is 142 Å². The Morgan fingerprint density at radius 3 is 1.42 bits per heavy atom. The summed E-state index contributed by atoms with van der Waals surface area (Å²) in [6, 6.07) is 0. The minimum atomic E-state index is -0.230. The summed E-state index contributed by atoms with van der Waals surface area (Å²) in [7, 11) is 0. The molecule has 0 radical (unpaired) electrons. The van der Waals surface area contributed by atoms with Crippen molar-refractivity contribution in [2.45, 2.75) is 64.2 Å². The predicted molar refractivity (Wildman–Crippen MR) is 89.5 cm³/mol. The van der Waals surface area contributed by atoms with Crippen LogP contribution in [0.3, 0.4) is 0 Å². The van der Waals surface area contributed by atoms with Crippen molar-refractivity contribution < 1.29 is 19.1 Å². The van der Waals surface area contributed by atoms with Crippen molar-refractivity contribution in [1.29, 1.82) is 0 Å².